The summed E-state index contributed by atoms with van der Waals surface area (Å²) < 4.78 is 5.36. The van der Waals surface area contributed by atoms with Crippen molar-refractivity contribution in [1.29, 1.82) is 0 Å². The number of amides is 1. The van der Waals surface area contributed by atoms with E-state index in [2.05, 4.69) is 0 Å². The molecule has 2 saturated heterocycles. The predicted molar refractivity (Wildman–Crippen MR) is 116 cm³/mol. The highest BCUT2D eigenvalue weighted by molar-refractivity contribution is 6.06. The summed E-state index contributed by atoms with van der Waals surface area (Å²) >= 11 is 0. The molecule has 0 spiro atoms. The normalized spacial score (nSPS) is 26.8. The molecular weight excluding hydrogens is 410 g/mol. The van der Waals surface area contributed by atoms with Crippen LogP contribution >= 0.6 is 0 Å². The molecule has 2 aliphatic heterocycles. The molecule has 1 N–H and O–H groups in total. The lowest BCUT2D eigenvalue weighted by Gasteiger charge is -2.48. The van der Waals surface area contributed by atoms with E-state index in [-0.39, 0.29) is 25.5 Å². The first-order valence-corrected chi connectivity index (χ1v) is 11.0. The first-order valence-electron chi connectivity index (χ1n) is 11.0. The number of hydrogen-bond acceptors (Lipinski definition) is 6. The molecule has 32 heavy (non-hydrogen) atoms. The molecule has 2 atom stereocenters. The number of carbonyl (C=O) groups is 2. The maximum atomic E-state index is 13.8. The summed E-state index contributed by atoms with van der Waals surface area (Å²) in [6, 6.07) is 18.5. The van der Waals surface area contributed by atoms with Gasteiger partial charge in [-0.2, -0.15) is 4.89 Å². The Labute approximate surface area is 187 Å². The Balaban J connectivity index is 1.91. The van der Waals surface area contributed by atoms with Gasteiger partial charge >= 0.3 is 5.97 Å². The van der Waals surface area contributed by atoms with Gasteiger partial charge in [0.2, 0.25) is 17.1 Å². The maximum Gasteiger partial charge on any atom is 0.327 e. The monoisotopic (exact) mass is 439 g/mol. The van der Waals surface area contributed by atoms with Gasteiger partial charge in [0.15, 0.2) is 5.60 Å². The number of hydrogen-bond donors (Lipinski definition) is 1. The number of ether oxygens (including phenoxy) is 1. The van der Waals surface area contributed by atoms with Gasteiger partial charge in [-0.3, -0.25) is 9.59 Å². The second-order valence-electron chi connectivity index (χ2n) is 8.89. The van der Waals surface area contributed by atoms with E-state index in [1.807, 2.05) is 74.5 Å². The van der Waals surface area contributed by atoms with Crippen molar-refractivity contribution < 1.29 is 29.2 Å². The molecule has 0 aromatic heterocycles. The van der Waals surface area contributed by atoms with Crippen LogP contribution in [0.15, 0.2) is 60.7 Å². The van der Waals surface area contributed by atoms with Crippen molar-refractivity contribution in [3.8, 4) is 0 Å². The summed E-state index contributed by atoms with van der Waals surface area (Å²) in [7, 11) is 0. The number of fused-ring (bicyclic) bond motifs is 1. The Morgan fingerprint density at radius 1 is 1.06 bits per heavy atom. The number of carbonyl (C=O) groups excluding carboxylic acids is 2. The Kier molecular flexibility index (Phi) is 5.83. The van der Waals surface area contributed by atoms with Crippen LogP contribution in [0.4, 0.5) is 0 Å². The van der Waals surface area contributed by atoms with Crippen molar-refractivity contribution >= 4 is 11.9 Å². The van der Waals surface area contributed by atoms with Crippen LogP contribution in [0.2, 0.25) is 0 Å². The van der Waals surface area contributed by atoms with Crippen LogP contribution in [-0.4, -0.2) is 47.4 Å². The van der Waals surface area contributed by atoms with Crippen LogP contribution in [0.1, 0.15) is 38.3 Å². The molecule has 0 radical (unpaired) electrons. The molecule has 2 aliphatic rings. The third kappa shape index (κ3) is 3.32. The molecule has 7 nitrogen and oxygen atoms in total. The van der Waals surface area contributed by atoms with Gasteiger partial charge in [0.1, 0.15) is 0 Å². The molecule has 4 rings (SSSR count). The summed E-state index contributed by atoms with van der Waals surface area (Å²) in [6.45, 7) is 5.86. The van der Waals surface area contributed by atoms with Gasteiger partial charge in [-0.1, -0.05) is 74.5 Å². The van der Waals surface area contributed by atoms with E-state index >= 15 is 0 Å². The maximum absolute atomic E-state index is 13.8. The highest BCUT2D eigenvalue weighted by Gasteiger charge is 2.76. The number of aliphatic hydroxyl groups is 1. The summed E-state index contributed by atoms with van der Waals surface area (Å²) in [4.78, 5) is 40.3. The van der Waals surface area contributed by atoms with Crippen molar-refractivity contribution in [2.45, 2.75) is 38.6 Å². The quantitative estimate of drug-likeness (QED) is 0.423. The van der Waals surface area contributed by atoms with E-state index in [0.29, 0.717) is 17.7 Å². The molecule has 2 aromatic rings. The van der Waals surface area contributed by atoms with E-state index in [4.69, 9.17) is 14.5 Å². The van der Waals surface area contributed by atoms with Crippen LogP contribution < -0.4 is 0 Å². The zero-order valence-corrected chi connectivity index (χ0v) is 18.6. The van der Waals surface area contributed by atoms with E-state index in [9.17, 15) is 14.7 Å². The van der Waals surface area contributed by atoms with Gasteiger partial charge in [0.25, 0.3) is 0 Å². The van der Waals surface area contributed by atoms with Gasteiger partial charge in [0.05, 0.1) is 13.2 Å². The standard InChI is InChI=1S/C25H29NO6/c1-4-30-22(28)23-16-24(19-11-7-5-8-12-19,20-13-9-6-10-14-20)31-32-25(23,29)17-26(21(23)27)15-18(2)3/h5-14,18,29H,4,15-17H2,1-3H3/t23-,25+/m1/s1. The smallest absolute Gasteiger partial charge is 0.327 e. The predicted octanol–water partition coefficient (Wildman–Crippen LogP) is 3.02. The number of esters is 1. The molecule has 0 unspecified atom stereocenters. The highest BCUT2D eigenvalue weighted by Crippen LogP contribution is 2.57. The fraction of sp³-hybridized carbons (Fsp3) is 0.440. The molecule has 1 amide bonds. The van der Waals surface area contributed by atoms with E-state index < -0.39 is 28.7 Å². The lowest BCUT2D eigenvalue weighted by molar-refractivity contribution is -0.497. The molecule has 2 aromatic carbocycles. The first-order chi connectivity index (χ1) is 15.3. The highest BCUT2D eigenvalue weighted by atomic mass is 17.2. The molecule has 7 heteroatoms. The minimum atomic E-state index is -2.17. The number of benzene rings is 2. The van der Waals surface area contributed by atoms with E-state index in [1.54, 1.807) is 6.92 Å². The van der Waals surface area contributed by atoms with Crippen molar-refractivity contribution in [3.63, 3.8) is 0 Å². The Bertz CT molecular complexity index is 939. The third-order valence-corrected chi connectivity index (χ3v) is 6.25. The Morgan fingerprint density at radius 3 is 2.12 bits per heavy atom. The van der Waals surface area contributed by atoms with Crippen molar-refractivity contribution in [2.75, 3.05) is 19.7 Å². The fourth-order valence-corrected chi connectivity index (χ4v) is 4.80. The SMILES string of the molecule is CCOC(=O)[C@]12CC(c3ccccc3)(c3ccccc3)OO[C@@]1(O)CN(CC(C)C)C2=O. The number of rotatable bonds is 6. The summed E-state index contributed by atoms with van der Waals surface area (Å²) in [5.74, 6) is -3.35. The van der Waals surface area contributed by atoms with Gasteiger partial charge in [-0.05, 0) is 24.0 Å². The molecular formula is C25H29NO6. The zero-order valence-electron chi connectivity index (χ0n) is 18.6. The zero-order chi connectivity index (χ0) is 23.0. The second kappa shape index (κ2) is 8.31. The molecule has 2 heterocycles. The molecule has 2 fully saturated rings. The van der Waals surface area contributed by atoms with E-state index in [1.165, 1.54) is 4.90 Å². The molecule has 0 bridgehead atoms. The largest absolute Gasteiger partial charge is 0.465 e. The van der Waals surface area contributed by atoms with Gasteiger partial charge < -0.3 is 14.7 Å². The topological polar surface area (TPSA) is 85.3 Å². The average Bonchev–Trinajstić information content (AvgIpc) is 3.01. The van der Waals surface area contributed by atoms with Crippen LogP contribution in [0.5, 0.6) is 0 Å². The third-order valence-electron chi connectivity index (χ3n) is 6.25. The van der Waals surface area contributed by atoms with Gasteiger partial charge in [-0.25, -0.2) is 4.89 Å². The lowest BCUT2D eigenvalue weighted by atomic mass is 9.67. The fourth-order valence-electron chi connectivity index (χ4n) is 4.80. The van der Waals surface area contributed by atoms with Crippen molar-refractivity contribution in [2.24, 2.45) is 11.3 Å². The van der Waals surface area contributed by atoms with Gasteiger partial charge in [-0.15, -0.1) is 0 Å². The van der Waals surface area contributed by atoms with Crippen LogP contribution in [0.3, 0.4) is 0 Å². The molecule has 170 valence electrons. The van der Waals surface area contributed by atoms with Crippen LogP contribution in [0.25, 0.3) is 0 Å². The molecule has 0 saturated carbocycles. The van der Waals surface area contributed by atoms with Crippen LogP contribution in [-0.2, 0) is 29.7 Å². The number of β-amino-alcohol motifs (C(OH)–C–C–N with tert-alkyl or cyclic N) is 1. The summed E-state index contributed by atoms with van der Waals surface area (Å²) in [5, 5.41) is 11.5. The van der Waals surface area contributed by atoms with E-state index in [0.717, 1.165) is 0 Å². The van der Waals surface area contributed by atoms with Crippen LogP contribution in [0, 0.1) is 11.3 Å². The number of likely N-dealkylation sites (tertiary alicyclic amines) is 1. The summed E-state index contributed by atoms with van der Waals surface area (Å²) in [6.07, 6.45) is -0.156. The second-order valence-corrected chi connectivity index (χ2v) is 8.89. The molecule has 0 aliphatic carbocycles. The lowest BCUT2D eigenvalue weighted by Crippen LogP contribution is -2.64. The summed E-state index contributed by atoms with van der Waals surface area (Å²) in [5.41, 5.74) is -1.87. The first kappa shape index (κ1) is 22.5. The van der Waals surface area contributed by atoms with Crippen molar-refractivity contribution in [3.05, 3.63) is 71.8 Å². The Hall–Kier alpha value is -2.74. The van der Waals surface area contributed by atoms with Crippen molar-refractivity contribution in [1.82, 2.24) is 4.90 Å². The van der Waals surface area contributed by atoms with Gasteiger partial charge in [0, 0.05) is 13.0 Å². The average molecular weight is 440 g/mol. The minimum Gasteiger partial charge on any atom is -0.465 e. The Morgan fingerprint density at radius 2 is 1.62 bits per heavy atom. The minimum absolute atomic E-state index is 0.0681. The number of nitrogens with zero attached hydrogens (tertiary/aromatic N) is 1.